The summed E-state index contributed by atoms with van der Waals surface area (Å²) in [4.78, 5) is 6.32. The van der Waals surface area contributed by atoms with Crippen molar-refractivity contribution >= 4 is 5.82 Å². The fourth-order valence-electron chi connectivity index (χ4n) is 1.41. The van der Waals surface area contributed by atoms with Crippen LogP contribution in [0.15, 0.2) is 18.3 Å². The zero-order valence-electron chi connectivity index (χ0n) is 9.94. The lowest BCUT2D eigenvalue weighted by Crippen LogP contribution is -2.27. The highest BCUT2D eigenvalue weighted by Crippen LogP contribution is 2.13. The largest absolute Gasteiger partial charge is 0.492 e. The Hall–Kier alpha value is -1.33. The van der Waals surface area contributed by atoms with Gasteiger partial charge in [0.05, 0.1) is 0 Å². The van der Waals surface area contributed by atoms with Crippen molar-refractivity contribution in [3.05, 3.63) is 18.3 Å². The average molecular weight is 224 g/mol. The molecular formula is C11H20N4O. The molecule has 0 aromatic carbocycles. The molecule has 0 fully saturated rings. The Labute approximate surface area is 96.6 Å². The molecule has 0 spiro atoms. The Morgan fingerprint density at radius 1 is 1.44 bits per heavy atom. The molecule has 5 nitrogen and oxygen atoms in total. The summed E-state index contributed by atoms with van der Waals surface area (Å²) in [7, 11) is 0. The normalized spacial score (nSPS) is 10.5. The van der Waals surface area contributed by atoms with Gasteiger partial charge in [0.1, 0.15) is 18.2 Å². The van der Waals surface area contributed by atoms with E-state index in [4.69, 9.17) is 10.6 Å². The minimum absolute atomic E-state index is 0.611. The molecule has 0 amide bonds. The van der Waals surface area contributed by atoms with Crippen LogP contribution in [0, 0.1) is 0 Å². The quantitative estimate of drug-likeness (QED) is 0.536. The zero-order chi connectivity index (χ0) is 11.8. The third-order valence-corrected chi connectivity index (χ3v) is 2.45. The number of nitrogens with zero attached hydrogens (tertiary/aromatic N) is 2. The average Bonchev–Trinajstić information content (AvgIpc) is 2.35. The first-order chi connectivity index (χ1) is 7.80. The number of hydrogen-bond donors (Lipinski definition) is 2. The first kappa shape index (κ1) is 12.7. The number of ether oxygens (including phenoxy) is 1. The molecule has 5 heteroatoms. The molecule has 0 aliphatic carbocycles. The van der Waals surface area contributed by atoms with E-state index in [0.29, 0.717) is 12.4 Å². The fourth-order valence-corrected chi connectivity index (χ4v) is 1.41. The van der Waals surface area contributed by atoms with E-state index in [1.54, 1.807) is 12.3 Å². The van der Waals surface area contributed by atoms with E-state index < -0.39 is 0 Å². The van der Waals surface area contributed by atoms with E-state index in [9.17, 15) is 0 Å². The van der Waals surface area contributed by atoms with Gasteiger partial charge in [-0.15, -0.1) is 0 Å². The molecule has 1 aromatic heterocycles. The molecule has 0 saturated carbocycles. The lowest BCUT2D eigenvalue weighted by Gasteiger charge is -2.18. The van der Waals surface area contributed by atoms with Crippen molar-refractivity contribution in [2.45, 2.75) is 13.8 Å². The first-order valence-electron chi connectivity index (χ1n) is 5.58. The van der Waals surface area contributed by atoms with Crippen LogP contribution in [-0.4, -0.2) is 36.1 Å². The molecular weight excluding hydrogens is 204 g/mol. The highest BCUT2D eigenvalue weighted by atomic mass is 16.5. The Morgan fingerprint density at radius 2 is 2.19 bits per heavy atom. The second kappa shape index (κ2) is 7.03. The van der Waals surface area contributed by atoms with Gasteiger partial charge >= 0.3 is 0 Å². The van der Waals surface area contributed by atoms with Crippen molar-refractivity contribution in [3.8, 4) is 5.75 Å². The summed E-state index contributed by atoms with van der Waals surface area (Å²) >= 11 is 0. The number of hydrazine groups is 1. The summed E-state index contributed by atoms with van der Waals surface area (Å²) in [6, 6.07) is 3.60. The van der Waals surface area contributed by atoms with Crippen molar-refractivity contribution in [2.75, 3.05) is 31.7 Å². The summed E-state index contributed by atoms with van der Waals surface area (Å²) in [6.07, 6.45) is 1.67. The monoisotopic (exact) mass is 224 g/mol. The molecule has 3 N–H and O–H groups in total. The van der Waals surface area contributed by atoms with E-state index in [1.165, 1.54) is 0 Å². The van der Waals surface area contributed by atoms with Gasteiger partial charge in [-0.2, -0.15) is 0 Å². The maximum atomic E-state index is 5.61. The number of pyridine rings is 1. The molecule has 0 atom stereocenters. The molecule has 0 aliphatic heterocycles. The number of aromatic nitrogens is 1. The third kappa shape index (κ3) is 4.04. The van der Waals surface area contributed by atoms with Gasteiger partial charge in [-0.05, 0) is 19.2 Å². The van der Waals surface area contributed by atoms with Crippen LogP contribution < -0.4 is 16.0 Å². The topological polar surface area (TPSA) is 63.4 Å². The van der Waals surface area contributed by atoms with Crippen LogP contribution in [0.2, 0.25) is 0 Å². The van der Waals surface area contributed by atoms with Crippen molar-refractivity contribution in [1.29, 1.82) is 0 Å². The van der Waals surface area contributed by atoms with Gasteiger partial charge in [0.2, 0.25) is 0 Å². The van der Waals surface area contributed by atoms with E-state index in [0.717, 1.165) is 25.4 Å². The Balaban J connectivity index is 2.36. The van der Waals surface area contributed by atoms with Crippen LogP contribution in [0.4, 0.5) is 5.82 Å². The highest BCUT2D eigenvalue weighted by molar-refractivity contribution is 5.39. The van der Waals surface area contributed by atoms with Gasteiger partial charge in [0, 0.05) is 18.8 Å². The smallest absolute Gasteiger partial charge is 0.143 e. The van der Waals surface area contributed by atoms with Crippen LogP contribution in [0.3, 0.4) is 0 Å². The molecule has 0 bridgehead atoms. The number of nitrogen functional groups attached to an aromatic ring is 1. The maximum Gasteiger partial charge on any atom is 0.143 e. The van der Waals surface area contributed by atoms with Crippen molar-refractivity contribution in [3.63, 3.8) is 0 Å². The van der Waals surface area contributed by atoms with Crippen LogP contribution >= 0.6 is 0 Å². The highest BCUT2D eigenvalue weighted by Gasteiger charge is 2.00. The van der Waals surface area contributed by atoms with Gasteiger partial charge < -0.3 is 15.1 Å². The van der Waals surface area contributed by atoms with Crippen molar-refractivity contribution in [2.24, 2.45) is 5.84 Å². The fraction of sp³-hybridized carbons (Fsp3) is 0.545. The van der Waals surface area contributed by atoms with Crippen LogP contribution in [0.1, 0.15) is 13.8 Å². The predicted molar refractivity (Wildman–Crippen MR) is 65.3 cm³/mol. The predicted octanol–water partition coefficient (Wildman–Crippen LogP) is 1.09. The van der Waals surface area contributed by atoms with Crippen LogP contribution in [-0.2, 0) is 0 Å². The first-order valence-corrected chi connectivity index (χ1v) is 5.58. The number of rotatable bonds is 7. The van der Waals surface area contributed by atoms with Crippen LogP contribution in [0.5, 0.6) is 5.75 Å². The van der Waals surface area contributed by atoms with Crippen LogP contribution in [0.25, 0.3) is 0 Å². The van der Waals surface area contributed by atoms with Crippen molar-refractivity contribution < 1.29 is 4.74 Å². The Bertz CT molecular complexity index is 302. The van der Waals surface area contributed by atoms with E-state index >= 15 is 0 Å². The number of likely N-dealkylation sites (N-methyl/N-ethyl adjacent to an activating group) is 1. The second-order valence-corrected chi connectivity index (χ2v) is 3.40. The van der Waals surface area contributed by atoms with E-state index in [1.807, 2.05) is 6.07 Å². The number of nitrogens with one attached hydrogen (secondary N) is 1. The maximum absolute atomic E-state index is 5.61. The summed E-state index contributed by atoms with van der Waals surface area (Å²) in [5.74, 6) is 6.66. The standard InChI is InChI=1S/C11H20N4O/c1-3-15(4-2)7-8-16-10-5-6-13-11(9-10)14-12/h5-6,9H,3-4,7-8,12H2,1-2H3,(H,13,14). The molecule has 0 radical (unpaired) electrons. The summed E-state index contributed by atoms with van der Waals surface area (Å²) in [5.41, 5.74) is 2.49. The van der Waals surface area contributed by atoms with Crippen molar-refractivity contribution in [1.82, 2.24) is 9.88 Å². The molecule has 1 heterocycles. The van der Waals surface area contributed by atoms with E-state index in [2.05, 4.69) is 29.2 Å². The lowest BCUT2D eigenvalue weighted by molar-refractivity contribution is 0.223. The van der Waals surface area contributed by atoms with Gasteiger partial charge in [-0.3, -0.25) is 0 Å². The van der Waals surface area contributed by atoms with Gasteiger partial charge in [-0.25, -0.2) is 10.8 Å². The Kier molecular flexibility index (Phi) is 5.60. The molecule has 16 heavy (non-hydrogen) atoms. The molecule has 0 saturated heterocycles. The summed E-state index contributed by atoms with van der Waals surface area (Å²) < 4.78 is 5.61. The minimum Gasteiger partial charge on any atom is -0.492 e. The molecule has 1 aromatic rings. The third-order valence-electron chi connectivity index (χ3n) is 2.45. The Morgan fingerprint density at radius 3 is 2.81 bits per heavy atom. The second-order valence-electron chi connectivity index (χ2n) is 3.40. The number of nitrogens with two attached hydrogens (primary N) is 1. The number of anilines is 1. The van der Waals surface area contributed by atoms with E-state index in [-0.39, 0.29) is 0 Å². The molecule has 0 unspecified atom stereocenters. The molecule has 90 valence electrons. The summed E-state index contributed by atoms with van der Waals surface area (Å²) in [5, 5.41) is 0. The van der Waals surface area contributed by atoms with Gasteiger partial charge in [0.15, 0.2) is 0 Å². The van der Waals surface area contributed by atoms with Gasteiger partial charge in [0.25, 0.3) is 0 Å². The lowest BCUT2D eigenvalue weighted by atomic mass is 10.4. The zero-order valence-corrected chi connectivity index (χ0v) is 9.94. The SMILES string of the molecule is CCN(CC)CCOc1ccnc(NN)c1. The molecule has 1 rings (SSSR count). The number of hydrogen-bond acceptors (Lipinski definition) is 5. The summed E-state index contributed by atoms with van der Waals surface area (Å²) in [6.45, 7) is 7.99. The minimum atomic E-state index is 0.611. The van der Waals surface area contributed by atoms with Gasteiger partial charge in [-0.1, -0.05) is 13.8 Å². The molecule has 0 aliphatic rings.